The van der Waals surface area contributed by atoms with Gasteiger partial charge in [-0.05, 0) is 61.5 Å². The Morgan fingerprint density at radius 2 is 1.59 bits per heavy atom. The number of likely N-dealkylation sites (tertiary alicyclic amines) is 1. The molecule has 5 rings (SSSR count). The van der Waals surface area contributed by atoms with Gasteiger partial charge in [0.15, 0.2) is 0 Å². The second-order valence-corrected chi connectivity index (χ2v) is 13.4. The molecule has 1 saturated carbocycles. The zero-order valence-corrected chi connectivity index (χ0v) is 24.6. The number of carbonyl (C=O) groups excluding carboxylic acids is 2. The van der Waals surface area contributed by atoms with Crippen LogP contribution in [0.25, 0.3) is 11.1 Å². The lowest BCUT2D eigenvalue weighted by Crippen LogP contribution is -2.59. The molecule has 2 aliphatic heterocycles. The summed E-state index contributed by atoms with van der Waals surface area (Å²) in [6.45, 7) is 7.14. The third kappa shape index (κ3) is 7.62. The number of piperidine rings is 1. The zero-order chi connectivity index (χ0) is 29.0. The van der Waals surface area contributed by atoms with E-state index in [4.69, 9.17) is 0 Å². The summed E-state index contributed by atoms with van der Waals surface area (Å²) in [4.78, 5) is 31.0. The molecule has 3 fully saturated rings. The van der Waals surface area contributed by atoms with Crippen LogP contribution in [0.3, 0.4) is 0 Å². The summed E-state index contributed by atoms with van der Waals surface area (Å²) in [5.41, 5.74) is 2.58. The molecule has 9 nitrogen and oxygen atoms in total. The highest BCUT2D eigenvalue weighted by molar-refractivity contribution is 7.88. The quantitative estimate of drug-likeness (QED) is 0.419. The standard InChI is InChI=1S/C31H41N5O4S/c1-3-23-21-28(23)32-27-13-15-34(16-14-27)22-29(31(38)35-17-19-36(20-18-35)41(2,39)40)33-30(37)26-11-9-25(10-12-26)24-7-5-4-6-8-24/h3-12,23,27-29,32H,1,13-22H2,2H3,(H,33,37)/t23-,28-,29+/m1/s1. The summed E-state index contributed by atoms with van der Waals surface area (Å²) in [5.74, 6) is 0.119. The molecule has 2 N–H and O–H groups in total. The van der Waals surface area contributed by atoms with Crippen molar-refractivity contribution in [3.63, 3.8) is 0 Å². The number of nitrogens with zero attached hydrogens (tertiary/aromatic N) is 3. The van der Waals surface area contributed by atoms with E-state index in [1.165, 1.54) is 10.6 Å². The van der Waals surface area contributed by atoms with Gasteiger partial charge in [0.25, 0.3) is 5.91 Å². The van der Waals surface area contributed by atoms with Crippen molar-refractivity contribution in [1.29, 1.82) is 0 Å². The van der Waals surface area contributed by atoms with Crippen LogP contribution in [0.5, 0.6) is 0 Å². The second-order valence-electron chi connectivity index (χ2n) is 11.4. The van der Waals surface area contributed by atoms with Gasteiger partial charge in [-0.25, -0.2) is 8.42 Å². The van der Waals surface area contributed by atoms with Crippen LogP contribution in [0.1, 0.15) is 29.6 Å². The molecule has 2 aromatic rings. The summed E-state index contributed by atoms with van der Waals surface area (Å²) >= 11 is 0. The zero-order valence-electron chi connectivity index (χ0n) is 23.7. The average Bonchev–Trinajstić information content (AvgIpc) is 3.75. The molecule has 0 bridgehead atoms. The molecule has 220 valence electrons. The number of benzene rings is 2. The van der Waals surface area contributed by atoms with E-state index < -0.39 is 16.1 Å². The molecule has 0 unspecified atom stereocenters. The van der Waals surface area contributed by atoms with Crippen molar-refractivity contribution in [2.45, 2.75) is 37.4 Å². The SMILES string of the molecule is C=C[C@@H]1C[C@H]1NC1CCN(C[C@H](NC(=O)c2ccc(-c3ccccc3)cc2)C(=O)N2CCN(S(C)(=O)=O)CC2)CC1. The molecule has 1 aliphatic carbocycles. The van der Waals surface area contributed by atoms with E-state index in [2.05, 4.69) is 22.1 Å². The predicted octanol–water partition coefficient (Wildman–Crippen LogP) is 2.18. The highest BCUT2D eigenvalue weighted by atomic mass is 32.2. The maximum Gasteiger partial charge on any atom is 0.251 e. The Labute approximate surface area is 243 Å². The van der Waals surface area contributed by atoms with Crippen LogP contribution in [0, 0.1) is 5.92 Å². The first-order valence-corrected chi connectivity index (χ1v) is 16.4. The monoisotopic (exact) mass is 579 g/mol. The third-order valence-electron chi connectivity index (χ3n) is 8.50. The van der Waals surface area contributed by atoms with E-state index in [1.807, 2.05) is 48.5 Å². The lowest BCUT2D eigenvalue weighted by atomic mass is 10.0. The molecule has 2 aromatic carbocycles. The Morgan fingerprint density at radius 3 is 2.17 bits per heavy atom. The number of hydrogen-bond acceptors (Lipinski definition) is 6. The predicted molar refractivity (Wildman–Crippen MR) is 161 cm³/mol. The van der Waals surface area contributed by atoms with Gasteiger partial charge < -0.3 is 20.4 Å². The fraction of sp³-hybridized carbons (Fsp3) is 0.484. The summed E-state index contributed by atoms with van der Waals surface area (Å²) in [6, 6.07) is 17.6. The van der Waals surface area contributed by atoms with Gasteiger partial charge in [-0.15, -0.1) is 6.58 Å². The van der Waals surface area contributed by atoms with Crippen LogP contribution in [0.2, 0.25) is 0 Å². The fourth-order valence-corrected chi connectivity index (χ4v) is 6.67. The number of rotatable bonds is 10. The van der Waals surface area contributed by atoms with Crippen LogP contribution >= 0.6 is 0 Å². The molecule has 2 heterocycles. The fourth-order valence-electron chi connectivity index (χ4n) is 5.84. The first kappa shape index (κ1) is 29.4. The molecule has 0 spiro atoms. The molecule has 3 atom stereocenters. The van der Waals surface area contributed by atoms with Crippen LogP contribution in [0.4, 0.5) is 0 Å². The van der Waals surface area contributed by atoms with Gasteiger partial charge >= 0.3 is 0 Å². The molecule has 0 radical (unpaired) electrons. The maximum absolute atomic E-state index is 13.7. The Hall–Kier alpha value is -3.05. The Morgan fingerprint density at radius 1 is 0.951 bits per heavy atom. The average molecular weight is 580 g/mol. The van der Waals surface area contributed by atoms with Crippen LogP contribution in [0.15, 0.2) is 67.3 Å². The van der Waals surface area contributed by atoms with Gasteiger partial charge in [-0.2, -0.15) is 4.31 Å². The Kier molecular flexibility index (Phi) is 9.23. The topological polar surface area (TPSA) is 102 Å². The van der Waals surface area contributed by atoms with Crippen LogP contribution in [-0.2, 0) is 14.8 Å². The minimum absolute atomic E-state index is 0.167. The van der Waals surface area contributed by atoms with E-state index in [1.54, 1.807) is 17.0 Å². The number of hydrogen-bond donors (Lipinski definition) is 2. The molecule has 2 amide bonds. The van der Waals surface area contributed by atoms with E-state index in [0.29, 0.717) is 43.2 Å². The highest BCUT2D eigenvalue weighted by Crippen LogP contribution is 2.32. The van der Waals surface area contributed by atoms with E-state index in [-0.39, 0.29) is 24.9 Å². The van der Waals surface area contributed by atoms with Gasteiger partial charge in [0.05, 0.1) is 6.26 Å². The third-order valence-corrected chi connectivity index (χ3v) is 9.80. The van der Waals surface area contributed by atoms with Gasteiger partial charge in [0, 0.05) is 50.4 Å². The Bertz CT molecular complexity index is 1320. The first-order chi connectivity index (χ1) is 19.7. The lowest BCUT2D eigenvalue weighted by molar-refractivity contribution is -0.135. The lowest BCUT2D eigenvalue weighted by Gasteiger charge is -2.38. The number of sulfonamides is 1. The minimum atomic E-state index is -3.31. The van der Waals surface area contributed by atoms with Gasteiger partial charge in [0.1, 0.15) is 6.04 Å². The first-order valence-electron chi connectivity index (χ1n) is 14.5. The van der Waals surface area contributed by atoms with Gasteiger partial charge in [-0.1, -0.05) is 48.5 Å². The number of amides is 2. The smallest absolute Gasteiger partial charge is 0.251 e. The molecule has 2 saturated heterocycles. The van der Waals surface area contributed by atoms with Gasteiger partial charge in [0.2, 0.25) is 15.9 Å². The van der Waals surface area contributed by atoms with Crippen molar-refractivity contribution in [2.75, 3.05) is 52.1 Å². The summed E-state index contributed by atoms with van der Waals surface area (Å²) in [5, 5.41) is 6.75. The maximum atomic E-state index is 13.7. The molecule has 0 aromatic heterocycles. The second kappa shape index (κ2) is 12.9. The molecule has 41 heavy (non-hydrogen) atoms. The molecule has 3 aliphatic rings. The number of carbonyl (C=O) groups is 2. The van der Waals surface area contributed by atoms with E-state index in [0.717, 1.165) is 43.5 Å². The van der Waals surface area contributed by atoms with Crippen molar-refractivity contribution in [1.82, 2.24) is 24.7 Å². The van der Waals surface area contributed by atoms with Crippen molar-refractivity contribution >= 4 is 21.8 Å². The Balaban J connectivity index is 1.23. The van der Waals surface area contributed by atoms with Crippen LogP contribution < -0.4 is 10.6 Å². The normalized spacial score (nSPS) is 23.1. The molecular weight excluding hydrogens is 538 g/mol. The summed E-state index contributed by atoms with van der Waals surface area (Å²) in [7, 11) is -3.31. The number of piperazine rings is 1. The van der Waals surface area contributed by atoms with E-state index in [9.17, 15) is 18.0 Å². The van der Waals surface area contributed by atoms with Crippen molar-refractivity contribution in [3.05, 3.63) is 72.8 Å². The van der Waals surface area contributed by atoms with Crippen molar-refractivity contribution in [2.24, 2.45) is 5.92 Å². The molecular formula is C31H41N5O4S. The largest absolute Gasteiger partial charge is 0.339 e. The van der Waals surface area contributed by atoms with E-state index >= 15 is 0 Å². The van der Waals surface area contributed by atoms with Crippen molar-refractivity contribution < 1.29 is 18.0 Å². The highest BCUT2D eigenvalue weighted by Gasteiger charge is 2.37. The van der Waals surface area contributed by atoms with Crippen molar-refractivity contribution in [3.8, 4) is 11.1 Å². The minimum Gasteiger partial charge on any atom is -0.339 e. The summed E-state index contributed by atoms with van der Waals surface area (Å²) in [6.07, 6.45) is 6.35. The van der Waals surface area contributed by atoms with Crippen LogP contribution in [-0.4, -0.2) is 105 Å². The van der Waals surface area contributed by atoms with Gasteiger partial charge in [-0.3, -0.25) is 9.59 Å². The number of nitrogens with one attached hydrogen (secondary N) is 2. The molecule has 10 heteroatoms. The summed E-state index contributed by atoms with van der Waals surface area (Å²) < 4.78 is 25.3.